The van der Waals surface area contributed by atoms with E-state index in [2.05, 4.69) is 10.6 Å². The first-order valence-electron chi connectivity index (χ1n) is 8.08. The first-order chi connectivity index (χ1) is 12.2. The molecule has 0 unspecified atom stereocenters. The van der Waals surface area contributed by atoms with Crippen molar-refractivity contribution >= 4 is 28.6 Å². The van der Waals surface area contributed by atoms with Gasteiger partial charge in [0, 0.05) is 16.3 Å². The summed E-state index contributed by atoms with van der Waals surface area (Å²) >= 11 is 1.63. The molecule has 0 spiro atoms. The molecule has 0 aliphatic carbocycles. The van der Waals surface area contributed by atoms with Gasteiger partial charge in [0.1, 0.15) is 5.75 Å². The van der Waals surface area contributed by atoms with Gasteiger partial charge in [-0.1, -0.05) is 24.3 Å². The van der Waals surface area contributed by atoms with Crippen molar-refractivity contribution in [1.29, 1.82) is 0 Å². The zero-order chi connectivity index (χ0) is 17.5. The molecule has 128 valence electrons. The Labute approximate surface area is 151 Å². The molecule has 5 heteroatoms. The fourth-order valence-corrected chi connectivity index (χ4v) is 3.10. The van der Waals surface area contributed by atoms with Gasteiger partial charge in [-0.05, 0) is 54.8 Å². The molecule has 0 fully saturated rings. The summed E-state index contributed by atoms with van der Waals surface area (Å²) in [6.45, 7) is 1.97. The Morgan fingerprint density at radius 3 is 2.40 bits per heavy atom. The minimum atomic E-state index is -0.132. The highest BCUT2D eigenvalue weighted by atomic mass is 32.1. The molecule has 0 bridgehead atoms. The third-order valence-corrected chi connectivity index (χ3v) is 4.69. The van der Waals surface area contributed by atoms with Gasteiger partial charge in [-0.3, -0.25) is 4.79 Å². The summed E-state index contributed by atoms with van der Waals surface area (Å²) in [5.74, 6) is 0.532. The molecular weight excluding hydrogens is 332 g/mol. The normalized spacial score (nSPS) is 11.6. The van der Waals surface area contributed by atoms with E-state index in [1.807, 2.05) is 79.0 Å². The van der Waals surface area contributed by atoms with E-state index < -0.39 is 0 Å². The van der Waals surface area contributed by atoms with E-state index in [1.165, 1.54) is 0 Å². The van der Waals surface area contributed by atoms with Gasteiger partial charge < -0.3 is 15.4 Å². The summed E-state index contributed by atoms with van der Waals surface area (Å²) in [7, 11) is 0. The lowest BCUT2D eigenvalue weighted by molar-refractivity contribution is -0.123. The third kappa shape index (κ3) is 5.09. The summed E-state index contributed by atoms with van der Waals surface area (Å²) in [6, 6.07) is 21.5. The van der Waals surface area contributed by atoms with Crippen LogP contribution in [0.2, 0.25) is 0 Å². The van der Waals surface area contributed by atoms with Gasteiger partial charge in [-0.15, -0.1) is 11.3 Å². The fraction of sp³-hybridized carbons (Fsp3) is 0.150. The van der Waals surface area contributed by atoms with E-state index in [1.54, 1.807) is 11.3 Å². The van der Waals surface area contributed by atoms with E-state index in [0.717, 1.165) is 16.3 Å². The van der Waals surface area contributed by atoms with Gasteiger partial charge in [0.25, 0.3) is 5.91 Å². The van der Waals surface area contributed by atoms with Crippen LogP contribution in [0.3, 0.4) is 0 Å². The monoisotopic (exact) mass is 352 g/mol. The Balaban J connectivity index is 1.47. The van der Waals surface area contributed by atoms with E-state index in [4.69, 9.17) is 4.74 Å². The molecule has 0 aliphatic heterocycles. The highest BCUT2D eigenvalue weighted by Gasteiger charge is 2.10. The minimum absolute atomic E-state index is 0.00117. The van der Waals surface area contributed by atoms with Crippen LogP contribution in [0.15, 0.2) is 72.1 Å². The van der Waals surface area contributed by atoms with Crippen molar-refractivity contribution in [2.24, 2.45) is 0 Å². The second-order valence-corrected chi connectivity index (χ2v) is 6.59. The number of rotatable bonds is 7. The molecule has 2 N–H and O–H groups in total. The minimum Gasteiger partial charge on any atom is -0.484 e. The fourth-order valence-electron chi connectivity index (χ4n) is 2.36. The molecule has 4 nitrogen and oxygen atoms in total. The molecule has 0 saturated carbocycles. The summed E-state index contributed by atoms with van der Waals surface area (Å²) in [4.78, 5) is 13.1. The lowest BCUT2D eigenvalue weighted by Crippen LogP contribution is -2.30. The zero-order valence-electron chi connectivity index (χ0n) is 13.9. The van der Waals surface area contributed by atoms with Crippen LogP contribution in [0.25, 0.3) is 0 Å². The van der Waals surface area contributed by atoms with Crippen molar-refractivity contribution in [3.63, 3.8) is 0 Å². The number of carbonyl (C=O) groups is 1. The number of thiophene rings is 1. The van der Waals surface area contributed by atoms with Gasteiger partial charge in [0.2, 0.25) is 0 Å². The largest absolute Gasteiger partial charge is 0.484 e. The Hall–Kier alpha value is -2.79. The smallest absolute Gasteiger partial charge is 0.258 e. The number of para-hydroxylation sites is 1. The number of nitrogens with one attached hydrogen (secondary N) is 2. The van der Waals surface area contributed by atoms with Crippen LogP contribution in [0.4, 0.5) is 11.4 Å². The zero-order valence-corrected chi connectivity index (χ0v) is 14.8. The van der Waals surface area contributed by atoms with Crippen molar-refractivity contribution in [3.8, 4) is 5.75 Å². The van der Waals surface area contributed by atoms with E-state index in [-0.39, 0.29) is 18.6 Å². The lowest BCUT2D eigenvalue weighted by atomic mass is 10.2. The quantitative estimate of drug-likeness (QED) is 0.645. The second kappa shape index (κ2) is 8.35. The molecule has 1 heterocycles. The number of ether oxygens (including phenoxy) is 1. The molecule has 0 radical (unpaired) electrons. The van der Waals surface area contributed by atoms with E-state index in [0.29, 0.717) is 5.75 Å². The number of amides is 1. The van der Waals surface area contributed by atoms with Gasteiger partial charge >= 0.3 is 0 Å². The number of hydrogen-bond donors (Lipinski definition) is 2. The molecule has 25 heavy (non-hydrogen) atoms. The maximum Gasteiger partial charge on any atom is 0.258 e. The van der Waals surface area contributed by atoms with Crippen LogP contribution >= 0.6 is 11.3 Å². The van der Waals surface area contributed by atoms with Gasteiger partial charge in [0.05, 0.1) is 6.04 Å². The number of anilines is 2. The van der Waals surface area contributed by atoms with Crippen molar-refractivity contribution in [3.05, 3.63) is 77.0 Å². The highest BCUT2D eigenvalue weighted by Crippen LogP contribution is 2.20. The molecule has 1 atom stereocenters. The standard InChI is InChI=1S/C20H20N2O2S/c1-15(19-8-5-13-25-19)21-20(23)14-24-18-11-9-17(10-12-18)22-16-6-3-2-4-7-16/h2-13,15,22H,14H2,1H3,(H,21,23)/t15-/m0/s1. The maximum absolute atomic E-state index is 12.0. The predicted molar refractivity (Wildman–Crippen MR) is 103 cm³/mol. The van der Waals surface area contributed by atoms with Crippen LogP contribution in [0.5, 0.6) is 5.75 Å². The van der Waals surface area contributed by atoms with Crippen LogP contribution in [-0.4, -0.2) is 12.5 Å². The van der Waals surface area contributed by atoms with Crippen molar-refractivity contribution in [2.45, 2.75) is 13.0 Å². The lowest BCUT2D eigenvalue weighted by Gasteiger charge is -2.13. The van der Waals surface area contributed by atoms with E-state index in [9.17, 15) is 4.79 Å². The Morgan fingerprint density at radius 2 is 1.72 bits per heavy atom. The molecule has 1 aromatic heterocycles. The van der Waals surface area contributed by atoms with Crippen LogP contribution in [0.1, 0.15) is 17.8 Å². The summed E-state index contributed by atoms with van der Waals surface area (Å²) in [5.41, 5.74) is 1.99. The van der Waals surface area contributed by atoms with Crippen molar-refractivity contribution in [2.75, 3.05) is 11.9 Å². The van der Waals surface area contributed by atoms with Gasteiger partial charge in [0.15, 0.2) is 6.61 Å². The number of benzene rings is 2. The Morgan fingerprint density at radius 1 is 1.00 bits per heavy atom. The van der Waals surface area contributed by atoms with Crippen molar-refractivity contribution in [1.82, 2.24) is 5.32 Å². The first-order valence-corrected chi connectivity index (χ1v) is 8.96. The Bertz CT molecular complexity index is 786. The molecule has 3 aromatic rings. The molecule has 0 aliphatic rings. The van der Waals surface area contributed by atoms with Crippen LogP contribution in [0, 0.1) is 0 Å². The highest BCUT2D eigenvalue weighted by molar-refractivity contribution is 7.10. The number of carbonyl (C=O) groups excluding carboxylic acids is 1. The molecular formula is C20H20N2O2S. The van der Waals surface area contributed by atoms with Crippen LogP contribution < -0.4 is 15.4 Å². The summed E-state index contributed by atoms with van der Waals surface area (Å²) < 4.78 is 5.55. The van der Waals surface area contributed by atoms with Gasteiger partial charge in [-0.2, -0.15) is 0 Å². The topological polar surface area (TPSA) is 50.4 Å². The number of hydrogen-bond acceptors (Lipinski definition) is 4. The van der Waals surface area contributed by atoms with Gasteiger partial charge in [-0.25, -0.2) is 0 Å². The SMILES string of the molecule is C[C@H](NC(=O)COc1ccc(Nc2ccccc2)cc1)c1cccs1. The summed E-state index contributed by atoms with van der Waals surface area (Å²) in [6.07, 6.45) is 0. The molecule has 0 saturated heterocycles. The average Bonchev–Trinajstić information content (AvgIpc) is 3.17. The first kappa shape index (κ1) is 17.0. The third-order valence-electron chi connectivity index (χ3n) is 3.63. The molecule has 2 aromatic carbocycles. The predicted octanol–water partition coefficient (Wildman–Crippen LogP) is 4.75. The van der Waals surface area contributed by atoms with Crippen LogP contribution in [-0.2, 0) is 4.79 Å². The van der Waals surface area contributed by atoms with E-state index >= 15 is 0 Å². The molecule has 3 rings (SSSR count). The van der Waals surface area contributed by atoms with Crippen molar-refractivity contribution < 1.29 is 9.53 Å². The average molecular weight is 352 g/mol. The summed E-state index contributed by atoms with van der Waals surface area (Å²) in [5, 5.41) is 8.23. The molecule has 1 amide bonds. The Kier molecular flexibility index (Phi) is 5.69. The maximum atomic E-state index is 12.0. The second-order valence-electron chi connectivity index (χ2n) is 5.61.